The Hall–Kier alpha value is -1.05. The van der Waals surface area contributed by atoms with Crippen LogP contribution in [0.3, 0.4) is 0 Å². The van der Waals surface area contributed by atoms with Crippen LogP contribution in [0.1, 0.15) is 12.8 Å². The summed E-state index contributed by atoms with van der Waals surface area (Å²) in [6, 6.07) is 6.96. The van der Waals surface area contributed by atoms with E-state index in [9.17, 15) is 4.21 Å². The molecule has 0 aliphatic rings. The summed E-state index contributed by atoms with van der Waals surface area (Å²) in [5, 5.41) is 8.76. The van der Waals surface area contributed by atoms with Crippen LogP contribution in [0.15, 0.2) is 23.1 Å². The van der Waals surface area contributed by atoms with Crippen molar-refractivity contribution < 1.29 is 4.21 Å². The molecule has 1 aromatic carbocycles. The van der Waals surface area contributed by atoms with E-state index in [1.165, 1.54) is 0 Å². The average molecular weight is 243 g/mol. The molecule has 0 saturated heterocycles. The van der Waals surface area contributed by atoms with Crippen LogP contribution in [0.5, 0.6) is 0 Å². The van der Waals surface area contributed by atoms with Crippen molar-refractivity contribution in [1.29, 1.82) is 5.26 Å². The van der Waals surface area contributed by atoms with E-state index in [4.69, 9.17) is 22.6 Å². The van der Waals surface area contributed by atoms with E-state index in [-0.39, 0.29) is 0 Å². The Bertz CT molecular complexity index is 414. The highest BCUT2D eigenvalue weighted by Gasteiger charge is 2.05. The molecule has 0 amide bonds. The lowest BCUT2D eigenvalue weighted by molar-refractivity contribution is 0.681. The third-order valence-electron chi connectivity index (χ3n) is 1.85. The molecule has 15 heavy (non-hydrogen) atoms. The molecule has 5 heteroatoms. The summed E-state index contributed by atoms with van der Waals surface area (Å²) in [6.07, 6.45) is 1.06. The summed E-state index contributed by atoms with van der Waals surface area (Å²) < 4.78 is 11.7. The minimum atomic E-state index is -1.09. The van der Waals surface area contributed by atoms with Crippen molar-refractivity contribution in [3.05, 3.63) is 23.2 Å². The minimum Gasteiger partial charge on any atom is -0.398 e. The molecular formula is C10H11ClN2OS. The topological polar surface area (TPSA) is 66.9 Å². The molecule has 0 aromatic heterocycles. The Balaban J connectivity index is 2.67. The standard InChI is InChI=1S/C10H11ClN2OS/c11-9-7-8(3-4-10(9)13)15(14)6-2-1-5-12/h3-4,7H,1-2,6,13H2. The van der Waals surface area contributed by atoms with E-state index >= 15 is 0 Å². The highest BCUT2D eigenvalue weighted by molar-refractivity contribution is 7.85. The quantitative estimate of drug-likeness (QED) is 0.651. The predicted octanol–water partition coefficient (Wildman–Crippen LogP) is 2.33. The maximum Gasteiger partial charge on any atom is 0.0647 e. The maximum absolute atomic E-state index is 11.7. The summed E-state index contributed by atoms with van der Waals surface area (Å²) >= 11 is 5.81. The number of nitriles is 1. The number of rotatable bonds is 4. The summed E-state index contributed by atoms with van der Waals surface area (Å²) in [4.78, 5) is 0.659. The molecule has 3 nitrogen and oxygen atoms in total. The van der Waals surface area contributed by atoms with Crippen molar-refractivity contribution in [1.82, 2.24) is 0 Å². The normalized spacial score (nSPS) is 12.0. The van der Waals surface area contributed by atoms with Crippen LogP contribution >= 0.6 is 11.6 Å². The number of hydrogen-bond acceptors (Lipinski definition) is 3. The number of unbranched alkanes of at least 4 members (excludes halogenated alkanes) is 1. The molecule has 0 saturated carbocycles. The van der Waals surface area contributed by atoms with Gasteiger partial charge in [-0.25, -0.2) is 0 Å². The lowest BCUT2D eigenvalue weighted by Gasteiger charge is -2.03. The van der Waals surface area contributed by atoms with Gasteiger partial charge in [0, 0.05) is 17.1 Å². The molecule has 0 radical (unpaired) electrons. The molecule has 0 fully saturated rings. The maximum atomic E-state index is 11.7. The molecule has 0 bridgehead atoms. The van der Waals surface area contributed by atoms with Gasteiger partial charge in [0.05, 0.1) is 27.6 Å². The zero-order valence-electron chi connectivity index (χ0n) is 8.07. The molecule has 0 heterocycles. The second-order valence-electron chi connectivity index (χ2n) is 2.99. The summed E-state index contributed by atoms with van der Waals surface area (Å²) in [5.41, 5.74) is 6.02. The molecule has 0 aliphatic heterocycles. The molecule has 0 spiro atoms. The van der Waals surface area contributed by atoms with E-state index in [1.54, 1.807) is 18.2 Å². The first-order valence-electron chi connectivity index (χ1n) is 4.45. The molecular weight excluding hydrogens is 232 g/mol. The van der Waals surface area contributed by atoms with Gasteiger partial charge < -0.3 is 5.73 Å². The van der Waals surface area contributed by atoms with Gasteiger partial charge in [-0.15, -0.1) is 0 Å². The first kappa shape index (κ1) is 12.0. The summed E-state index contributed by atoms with van der Waals surface area (Å²) in [5.74, 6) is 0.480. The van der Waals surface area contributed by atoms with Crippen LogP contribution in [0.25, 0.3) is 0 Å². The fourth-order valence-electron chi connectivity index (χ4n) is 1.05. The number of anilines is 1. The number of benzene rings is 1. The first-order chi connectivity index (χ1) is 7.15. The SMILES string of the molecule is N#CCCCS(=O)c1ccc(N)c(Cl)c1. The monoisotopic (exact) mass is 242 g/mol. The van der Waals surface area contributed by atoms with Crippen molar-refractivity contribution in [3.8, 4) is 6.07 Å². The van der Waals surface area contributed by atoms with Gasteiger partial charge in [0.25, 0.3) is 0 Å². The lowest BCUT2D eigenvalue weighted by atomic mass is 10.3. The molecule has 2 N–H and O–H groups in total. The van der Waals surface area contributed by atoms with Gasteiger partial charge in [0.1, 0.15) is 0 Å². The fourth-order valence-corrected chi connectivity index (χ4v) is 2.41. The van der Waals surface area contributed by atoms with Crippen molar-refractivity contribution >= 4 is 28.1 Å². The number of halogens is 1. The zero-order valence-corrected chi connectivity index (χ0v) is 9.64. The third-order valence-corrected chi connectivity index (χ3v) is 3.62. The van der Waals surface area contributed by atoms with E-state index in [2.05, 4.69) is 0 Å². The minimum absolute atomic E-state index is 0.418. The van der Waals surface area contributed by atoms with Crippen LogP contribution in [-0.2, 0) is 10.8 Å². The van der Waals surface area contributed by atoms with Gasteiger partial charge >= 0.3 is 0 Å². The van der Waals surface area contributed by atoms with Gasteiger partial charge in [-0.1, -0.05) is 11.6 Å². The molecule has 80 valence electrons. The third kappa shape index (κ3) is 3.54. The molecule has 1 atom stereocenters. The van der Waals surface area contributed by atoms with Gasteiger partial charge in [0.15, 0.2) is 0 Å². The molecule has 1 unspecified atom stereocenters. The Morgan fingerprint density at radius 1 is 1.53 bits per heavy atom. The molecule has 1 aromatic rings. The van der Waals surface area contributed by atoms with Gasteiger partial charge in [0.2, 0.25) is 0 Å². The highest BCUT2D eigenvalue weighted by Crippen LogP contribution is 2.21. The lowest BCUT2D eigenvalue weighted by Crippen LogP contribution is -1.98. The number of nitrogens with two attached hydrogens (primary N) is 1. The number of nitrogens with zero attached hydrogens (tertiary/aromatic N) is 1. The van der Waals surface area contributed by atoms with Gasteiger partial charge in [-0.05, 0) is 24.6 Å². The number of nitrogen functional groups attached to an aromatic ring is 1. The van der Waals surface area contributed by atoms with Gasteiger partial charge in [-0.2, -0.15) is 5.26 Å². The van der Waals surface area contributed by atoms with Crippen molar-refractivity contribution in [3.63, 3.8) is 0 Å². The predicted molar refractivity (Wildman–Crippen MR) is 62.0 cm³/mol. The van der Waals surface area contributed by atoms with Crippen LogP contribution in [0.4, 0.5) is 5.69 Å². The van der Waals surface area contributed by atoms with Crippen LogP contribution in [0.2, 0.25) is 5.02 Å². The Labute approximate surface area is 96.3 Å². The van der Waals surface area contributed by atoms with E-state index in [0.29, 0.717) is 34.2 Å². The Kier molecular flexibility index (Phi) is 4.60. The fraction of sp³-hybridized carbons (Fsp3) is 0.300. The largest absolute Gasteiger partial charge is 0.398 e. The summed E-state index contributed by atoms with van der Waals surface area (Å²) in [7, 11) is -1.09. The van der Waals surface area contributed by atoms with E-state index in [0.717, 1.165) is 0 Å². The second kappa shape index (κ2) is 5.74. The highest BCUT2D eigenvalue weighted by atomic mass is 35.5. The van der Waals surface area contributed by atoms with Crippen LogP contribution in [0, 0.1) is 11.3 Å². The molecule has 1 rings (SSSR count). The average Bonchev–Trinajstić information content (AvgIpc) is 2.22. The summed E-state index contributed by atoms with van der Waals surface area (Å²) in [6.45, 7) is 0. The Morgan fingerprint density at radius 3 is 2.87 bits per heavy atom. The van der Waals surface area contributed by atoms with Gasteiger partial charge in [-0.3, -0.25) is 4.21 Å². The zero-order chi connectivity index (χ0) is 11.3. The number of hydrogen-bond donors (Lipinski definition) is 1. The second-order valence-corrected chi connectivity index (χ2v) is 4.97. The van der Waals surface area contributed by atoms with Crippen molar-refractivity contribution in [2.45, 2.75) is 17.7 Å². The molecule has 0 aliphatic carbocycles. The Morgan fingerprint density at radius 2 is 2.27 bits per heavy atom. The smallest absolute Gasteiger partial charge is 0.0647 e. The van der Waals surface area contributed by atoms with Crippen LogP contribution < -0.4 is 5.73 Å². The van der Waals surface area contributed by atoms with Crippen LogP contribution in [-0.4, -0.2) is 9.96 Å². The van der Waals surface area contributed by atoms with E-state index in [1.807, 2.05) is 6.07 Å². The first-order valence-corrected chi connectivity index (χ1v) is 6.15. The van der Waals surface area contributed by atoms with E-state index < -0.39 is 10.8 Å². The van der Waals surface area contributed by atoms with Crippen molar-refractivity contribution in [2.24, 2.45) is 0 Å². The van der Waals surface area contributed by atoms with Crippen molar-refractivity contribution in [2.75, 3.05) is 11.5 Å².